The van der Waals surface area contributed by atoms with Crippen LogP contribution in [0.25, 0.3) is 0 Å². The van der Waals surface area contributed by atoms with Crippen molar-refractivity contribution < 1.29 is 19.2 Å². The number of carbonyl (C=O) groups excluding carboxylic acids is 1. The zero-order chi connectivity index (χ0) is 21.3. The highest BCUT2D eigenvalue weighted by Gasteiger charge is 2.42. The fourth-order valence-corrected chi connectivity index (χ4v) is 4.17. The van der Waals surface area contributed by atoms with Gasteiger partial charge in [-0.1, -0.05) is 30.9 Å². The third kappa shape index (κ3) is 4.21. The number of carbonyl (C=O) groups is 1. The summed E-state index contributed by atoms with van der Waals surface area (Å²) in [6.07, 6.45) is 6.04. The minimum absolute atomic E-state index is 0.000198. The predicted molar refractivity (Wildman–Crippen MR) is 110 cm³/mol. The Morgan fingerprint density at radius 1 is 1.37 bits per heavy atom. The lowest BCUT2D eigenvalue weighted by atomic mass is 9.94. The van der Waals surface area contributed by atoms with Gasteiger partial charge in [0.05, 0.1) is 6.54 Å². The Hall–Kier alpha value is -2.81. The van der Waals surface area contributed by atoms with Gasteiger partial charge in [0.1, 0.15) is 12.8 Å². The first-order valence-electron chi connectivity index (χ1n) is 9.97. The number of amides is 1. The van der Waals surface area contributed by atoms with Crippen LogP contribution in [-0.2, 0) is 11.3 Å². The van der Waals surface area contributed by atoms with E-state index in [2.05, 4.69) is 4.98 Å². The maximum absolute atomic E-state index is 13.1. The summed E-state index contributed by atoms with van der Waals surface area (Å²) in [5, 5.41) is 11.5. The van der Waals surface area contributed by atoms with Gasteiger partial charge in [-0.3, -0.25) is 9.47 Å². The molecule has 4 rings (SSSR count). The minimum atomic E-state index is -0.842. The highest BCUT2D eigenvalue weighted by molar-refractivity contribution is 6.30. The number of rotatable bonds is 5. The largest absolute Gasteiger partial charge is 0.445 e. The lowest BCUT2D eigenvalue weighted by Gasteiger charge is -2.34. The van der Waals surface area contributed by atoms with Crippen molar-refractivity contribution in [1.29, 1.82) is 0 Å². The Morgan fingerprint density at radius 3 is 2.70 bits per heavy atom. The summed E-state index contributed by atoms with van der Waals surface area (Å²) < 4.78 is 13.0. The van der Waals surface area contributed by atoms with Crippen LogP contribution < -0.4 is 9.64 Å². The zero-order valence-electron chi connectivity index (χ0n) is 16.6. The fraction of sp³-hybridized carbons (Fsp3) is 0.500. The van der Waals surface area contributed by atoms with E-state index in [0.29, 0.717) is 11.6 Å². The van der Waals surface area contributed by atoms with E-state index in [0.717, 1.165) is 31.4 Å². The van der Waals surface area contributed by atoms with Crippen molar-refractivity contribution in [2.75, 3.05) is 11.5 Å². The molecule has 160 valence electrons. The summed E-state index contributed by atoms with van der Waals surface area (Å²) in [4.78, 5) is 28.9. The van der Waals surface area contributed by atoms with Gasteiger partial charge in [-0.05, 0) is 49.0 Å². The SMILES string of the molecule is C[C@]1(COC(=O)N(c2ccc(Cl)cc2)C2CCCCC2)Cn2cc([N+](=O)[O-])nc2O1. The monoisotopic (exact) mass is 434 g/mol. The van der Waals surface area contributed by atoms with E-state index in [4.69, 9.17) is 21.1 Å². The van der Waals surface area contributed by atoms with Gasteiger partial charge < -0.3 is 19.6 Å². The van der Waals surface area contributed by atoms with E-state index in [1.54, 1.807) is 28.5 Å². The molecule has 0 N–H and O–H groups in total. The average molecular weight is 435 g/mol. The molecule has 0 bridgehead atoms. The van der Waals surface area contributed by atoms with E-state index in [9.17, 15) is 14.9 Å². The number of imidazole rings is 1. The van der Waals surface area contributed by atoms with E-state index in [1.165, 1.54) is 12.6 Å². The highest BCUT2D eigenvalue weighted by Crippen LogP contribution is 2.32. The molecule has 10 heteroatoms. The summed E-state index contributed by atoms with van der Waals surface area (Å²) in [7, 11) is 0. The molecule has 0 spiro atoms. The molecule has 1 aromatic heterocycles. The molecule has 1 aromatic carbocycles. The number of nitrogens with zero attached hydrogens (tertiary/aromatic N) is 4. The number of nitro groups is 1. The molecule has 0 radical (unpaired) electrons. The van der Waals surface area contributed by atoms with E-state index < -0.39 is 16.6 Å². The molecule has 0 saturated heterocycles. The predicted octanol–water partition coefficient (Wildman–Crippen LogP) is 4.57. The molecule has 0 unspecified atom stereocenters. The summed E-state index contributed by atoms with van der Waals surface area (Å²) in [5.41, 5.74) is -0.0944. The van der Waals surface area contributed by atoms with Crippen molar-refractivity contribution in [2.45, 2.75) is 57.2 Å². The number of hydrogen-bond acceptors (Lipinski definition) is 6. The quantitative estimate of drug-likeness (QED) is 0.504. The summed E-state index contributed by atoms with van der Waals surface area (Å²) in [6, 6.07) is 7.38. The van der Waals surface area contributed by atoms with Crippen LogP contribution in [0.2, 0.25) is 5.02 Å². The number of fused-ring (bicyclic) bond motifs is 1. The number of ether oxygens (including phenoxy) is 2. The molecular formula is C20H23ClN4O5. The number of anilines is 1. The maximum atomic E-state index is 13.1. The third-order valence-corrected chi connectivity index (χ3v) is 5.75. The molecule has 1 atom stereocenters. The Balaban J connectivity index is 1.45. The maximum Gasteiger partial charge on any atom is 0.415 e. The van der Waals surface area contributed by atoms with Crippen LogP contribution in [-0.4, -0.2) is 38.8 Å². The standard InChI is InChI=1S/C20H23ClN4O5/c1-20(12-23-11-17(25(27)28)22-18(23)30-20)13-29-19(26)24(15-5-3-2-4-6-15)16-9-7-14(21)8-10-16/h7-11,15H,2-6,12-13H2,1H3/t20-/m1/s1. The molecular weight excluding hydrogens is 412 g/mol. The lowest BCUT2D eigenvalue weighted by molar-refractivity contribution is -0.389. The molecule has 1 amide bonds. The third-order valence-electron chi connectivity index (χ3n) is 5.50. The van der Waals surface area contributed by atoms with Crippen LogP contribution in [0.3, 0.4) is 0 Å². The summed E-state index contributed by atoms with van der Waals surface area (Å²) >= 11 is 6.01. The molecule has 1 aliphatic heterocycles. The van der Waals surface area contributed by atoms with Gasteiger partial charge in [0, 0.05) is 21.7 Å². The van der Waals surface area contributed by atoms with Crippen molar-refractivity contribution in [2.24, 2.45) is 0 Å². The Morgan fingerprint density at radius 2 is 2.07 bits per heavy atom. The Kier molecular flexibility index (Phi) is 5.55. The molecule has 1 fully saturated rings. The summed E-state index contributed by atoms with van der Waals surface area (Å²) in [5.74, 6) is -0.268. The Labute approximate surface area is 178 Å². The first kappa shape index (κ1) is 20.5. The normalized spacial score (nSPS) is 21.0. The van der Waals surface area contributed by atoms with Crippen LogP contribution in [0.1, 0.15) is 39.0 Å². The highest BCUT2D eigenvalue weighted by atomic mass is 35.5. The summed E-state index contributed by atoms with van der Waals surface area (Å²) in [6.45, 7) is 2.09. The first-order chi connectivity index (χ1) is 14.3. The van der Waals surface area contributed by atoms with Crippen LogP contribution in [0, 0.1) is 10.1 Å². The number of aromatic nitrogens is 2. The van der Waals surface area contributed by atoms with Gasteiger partial charge in [0.25, 0.3) is 0 Å². The molecule has 2 aromatic rings. The topological polar surface area (TPSA) is 99.7 Å². The van der Waals surface area contributed by atoms with Crippen molar-refractivity contribution >= 4 is 29.2 Å². The van der Waals surface area contributed by atoms with E-state index in [1.807, 2.05) is 12.1 Å². The smallest absolute Gasteiger partial charge is 0.415 e. The van der Waals surface area contributed by atoms with E-state index >= 15 is 0 Å². The molecule has 1 aliphatic carbocycles. The second kappa shape index (κ2) is 8.14. The van der Waals surface area contributed by atoms with Crippen molar-refractivity contribution in [1.82, 2.24) is 9.55 Å². The molecule has 9 nitrogen and oxygen atoms in total. The number of hydrogen-bond donors (Lipinski definition) is 0. The Bertz CT molecular complexity index is 916. The van der Waals surface area contributed by atoms with E-state index in [-0.39, 0.29) is 24.5 Å². The van der Waals surface area contributed by atoms with Crippen molar-refractivity contribution in [3.05, 3.63) is 45.6 Å². The minimum Gasteiger partial charge on any atom is -0.445 e. The molecule has 2 aliphatic rings. The lowest BCUT2D eigenvalue weighted by Crippen LogP contribution is -2.45. The average Bonchev–Trinajstić information content (AvgIpc) is 3.25. The second-order valence-corrected chi connectivity index (χ2v) is 8.45. The number of benzene rings is 1. The van der Waals surface area contributed by atoms with Crippen LogP contribution in [0.4, 0.5) is 16.3 Å². The number of halogens is 1. The van der Waals surface area contributed by atoms with Gasteiger partial charge >= 0.3 is 17.9 Å². The van der Waals surface area contributed by atoms with Crippen LogP contribution >= 0.6 is 11.6 Å². The molecule has 1 saturated carbocycles. The van der Waals surface area contributed by atoms with Crippen molar-refractivity contribution in [3.63, 3.8) is 0 Å². The van der Waals surface area contributed by atoms with Gasteiger partial charge in [-0.2, -0.15) is 0 Å². The van der Waals surface area contributed by atoms with Crippen LogP contribution in [0.5, 0.6) is 6.01 Å². The van der Waals surface area contributed by atoms with Gasteiger partial charge in [0.2, 0.25) is 0 Å². The molecule has 30 heavy (non-hydrogen) atoms. The van der Waals surface area contributed by atoms with Gasteiger partial charge in [0.15, 0.2) is 5.60 Å². The second-order valence-electron chi connectivity index (χ2n) is 8.01. The fourth-order valence-electron chi connectivity index (χ4n) is 4.05. The first-order valence-corrected chi connectivity index (χ1v) is 10.3. The molecule has 2 heterocycles. The van der Waals surface area contributed by atoms with Crippen LogP contribution in [0.15, 0.2) is 30.5 Å². The van der Waals surface area contributed by atoms with Gasteiger partial charge in [-0.25, -0.2) is 4.79 Å². The van der Waals surface area contributed by atoms with Gasteiger partial charge in [-0.15, -0.1) is 0 Å². The zero-order valence-corrected chi connectivity index (χ0v) is 17.4. The van der Waals surface area contributed by atoms with Crippen molar-refractivity contribution in [3.8, 4) is 6.01 Å².